The lowest BCUT2D eigenvalue weighted by molar-refractivity contribution is -0.114. The number of carbonyl (C=O) groups is 2. The molecule has 2 aromatic rings. The molecule has 2 aliphatic heterocycles. The number of halogens is 2. The quantitative estimate of drug-likeness (QED) is 0.369. The zero-order valence-electron chi connectivity index (χ0n) is 17.3. The molecule has 0 saturated heterocycles. The first-order valence-electron chi connectivity index (χ1n) is 9.59. The van der Waals surface area contributed by atoms with Crippen LogP contribution in [0, 0.1) is 11.2 Å². The number of carbonyl (C=O) groups excluding carboxylic acids is 2. The Kier molecular flexibility index (Phi) is 6.39. The molecule has 2 aromatic carbocycles. The van der Waals surface area contributed by atoms with Crippen LogP contribution in [-0.2, 0) is 14.6 Å². The molecule has 174 valence electrons. The first-order valence-corrected chi connectivity index (χ1v) is 12.4. The normalized spacial score (nSPS) is 16.9. The van der Waals surface area contributed by atoms with E-state index in [0.717, 1.165) is 17.1 Å². The summed E-state index contributed by atoms with van der Waals surface area (Å²) < 4.78 is 42.2. The highest BCUT2D eigenvalue weighted by Crippen LogP contribution is 2.32. The Labute approximate surface area is 202 Å². The molecule has 0 radical (unpaired) electrons. The molecule has 0 atom stereocenters. The maximum atomic E-state index is 13.0. The van der Waals surface area contributed by atoms with Crippen LogP contribution in [0.2, 0.25) is 5.02 Å². The summed E-state index contributed by atoms with van der Waals surface area (Å²) in [4.78, 5) is 28.6. The molecule has 2 heterocycles. The predicted octanol–water partition coefficient (Wildman–Crippen LogP) is 3.71. The zero-order chi connectivity index (χ0) is 24.6. The minimum Gasteiger partial charge on any atom is -0.421 e. The van der Waals surface area contributed by atoms with Crippen molar-refractivity contribution in [1.29, 1.82) is 5.41 Å². The Balaban J connectivity index is 1.57. The molecule has 0 fully saturated rings. The third-order valence-electron chi connectivity index (χ3n) is 4.63. The van der Waals surface area contributed by atoms with Gasteiger partial charge < -0.3 is 4.74 Å². The Morgan fingerprint density at radius 2 is 1.97 bits per heavy atom. The van der Waals surface area contributed by atoms with E-state index in [0.29, 0.717) is 17.3 Å². The van der Waals surface area contributed by atoms with Crippen LogP contribution < -0.4 is 4.74 Å². The highest BCUT2D eigenvalue weighted by Gasteiger charge is 2.39. The van der Waals surface area contributed by atoms with Crippen LogP contribution >= 0.6 is 23.4 Å². The van der Waals surface area contributed by atoms with Crippen molar-refractivity contribution in [3.8, 4) is 5.75 Å². The molecule has 13 heteroatoms. The number of hydrogen-bond acceptors (Lipinski definition) is 8. The van der Waals surface area contributed by atoms with Crippen LogP contribution in [0.4, 0.5) is 4.39 Å². The number of aliphatic imine (C=N–C) groups is 1. The average molecular weight is 521 g/mol. The fraction of sp³-hybridized carbons (Fsp3) is 0.0952. The number of benzene rings is 2. The van der Waals surface area contributed by atoms with E-state index < -0.39 is 27.5 Å². The Bertz CT molecular complexity index is 1440. The zero-order valence-corrected chi connectivity index (χ0v) is 19.7. The highest BCUT2D eigenvalue weighted by molar-refractivity contribution is 8.42. The lowest BCUT2D eigenvalue weighted by atomic mass is 10.1. The van der Waals surface area contributed by atoms with E-state index in [9.17, 15) is 22.4 Å². The Morgan fingerprint density at radius 3 is 2.62 bits per heavy atom. The number of ether oxygens (including phenoxy) is 1. The standard InChI is InChI=1S/C21H14ClFN4O5S2/c1-2-34(30,31)21-26-27-17(24)14(18(28)25-20(27)33-21)9-11-3-8-16(15(22)10-11)32-19(29)12-4-6-13(23)7-5-12/h3-10,24H,2H2,1H3/b14-9-,24-17?. The summed E-state index contributed by atoms with van der Waals surface area (Å²) >= 11 is 6.93. The maximum Gasteiger partial charge on any atom is 0.343 e. The van der Waals surface area contributed by atoms with Gasteiger partial charge in [0, 0.05) is 0 Å². The number of rotatable bonds is 4. The number of nitrogens with zero attached hydrogens (tertiary/aromatic N) is 3. The van der Waals surface area contributed by atoms with Gasteiger partial charge in [-0.1, -0.05) is 24.6 Å². The van der Waals surface area contributed by atoms with Crippen molar-refractivity contribution in [3.63, 3.8) is 0 Å². The second kappa shape index (κ2) is 9.12. The molecule has 0 saturated carbocycles. The Hall–Kier alpha value is -3.35. The lowest BCUT2D eigenvalue weighted by Crippen LogP contribution is -2.35. The van der Waals surface area contributed by atoms with Crippen molar-refractivity contribution < 1.29 is 27.1 Å². The second-order valence-corrected chi connectivity index (χ2v) is 10.7. The summed E-state index contributed by atoms with van der Waals surface area (Å²) in [5.74, 6) is -2.45. The number of thioether (sulfide) groups is 1. The molecular formula is C21H14ClFN4O5S2. The van der Waals surface area contributed by atoms with E-state index >= 15 is 0 Å². The number of hydrogen-bond donors (Lipinski definition) is 1. The molecule has 1 N–H and O–H groups in total. The predicted molar refractivity (Wildman–Crippen MR) is 127 cm³/mol. The van der Waals surface area contributed by atoms with Crippen molar-refractivity contribution in [2.45, 2.75) is 6.92 Å². The van der Waals surface area contributed by atoms with Gasteiger partial charge in [0.05, 0.1) is 21.9 Å². The van der Waals surface area contributed by atoms with Crippen LogP contribution in [0.1, 0.15) is 22.8 Å². The summed E-state index contributed by atoms with van der Waals surface area (Å²) in [6.07, 6.45) is 1.34. The molecule has 0 unspecified atom stereocenters. The van der Waals surface area contributed by atoms with Crippen molar-refractivity contribution in [1.82, 2.24) is 5.01 Å². The smallest absolute Gasteiger partial charge is 0.343 e. The molecule has 0 bridgehead atoms. The fourth-order valence-corrected chi connectivity index (χ4v) is 5.22. The summed E-state index contributed by atoms with van der Waals surface area (Å²) in [5.41, 5.74) is 0.401. The van der Waals surface area contributed by atoms with Gasteiger partial charge in [0.15, 0.2) is 5.84 Å². The van der Waals surface area contributed by atoms with Crippen molar-refractivity contribution in [3.05, 3.63) is 70.0 Å². The van der Waals surface area contributed by atoms with Crippen molar-refractivity contribution >= 4 is 66.5 Å². The molecule has 0 aliphatic carbocycles. The minimum atomic E-state index is -3.63. The highest BCUT2D eigenvalue weighted by atomic mass is 35.5. The largest absolute Gasteiger partial charge is 0.421 e. The van der Waals surface area contributed by atoms with Gasteiger partial charge in [0.25, 0.3) is 5.91 Å². The Morgan fingerprint density at radius 1 is 1.26 bits per heavy atom. The molecule has 9 nitrogen and oxygen atoms in total. The maximum absolute atomic E-state index is 13.0. The second-order valence-electron chi connectivity index (χ2n) is 6.88. The van der Waals surface area contributed by atoms with E-state index in [2.05, 4.69) is 10.1 Å². The SMILES string of the molecule is CCS(=O)(=O)C1=NN2C(=N)/C(=C/c3ccc(OC(=O)c4ccc(F)cc4)c(Cl)c3)C(=O)N=C2S1. The molecule has 4 rings (SSSR count). The first-order chi connectivity index (χ1) is 16.1. The third-order valence-corrected chi connectivity index (χ3v) is 8.02. The van der Waals surface area contributed by atoms with Gasteiger partial charge in [-0.05, 0) is 59.8 Å². The summed E-state index contributed by atoms with van der Waals surface area (Å²) in [6.45, 7) is 1.46. The molecule has 0 spiro atoms. The van der Waals surface area contributed by atoms with E-state index in [4.69, 9.17) is 21.7 Å². The number of hydrazone groups is 1. The minimum absolute atomic E-state index is 0.0136. The van der Waals surface area contributed by atoms with Gasteiger partial charge in [-0.15, -0.1) is 5.10 Å². The first kappa shape index (κ1) is 23.8. The van der Waals surface area contributed by atoms with Gasteiger partial charge in [-0.25, -0.2) is 17.6 Å². The summed E-state index contributed by atoms with van der Waals surface area (Å²) in [6, 6.07) is 9.11. The number of amides is 1. The topological polar surface area (TPSA) is 129 Å². The van der Waals surface area contributed by atoms with E-state index in [1.54, 1.807) is 0 Å². The molecule has 0 aromatic heterocycles. The molecule has 2 aliphatic rings. The van der Waals surface area contributed by atoms with Crippen molar-refractivity contribution in [2.24, 2.45) is 10.1 Å². The van der Waals surface area contributed by atoms with Crippen LogP contribution in [0.15, 0.2) is 58.1 Å². The number of esters is 1. The van der Waals surface area contributed by atoms with Crippen molar-refractivity contribution in [2.75, 3.05) is 5.75 Å². The number of amidine groups is 2. The third kappa shape index (κ3) is 4.65. The number of fused-ring (bicyclic) bond motifs is 1. The van der Waals surface area contributed by atoms with Gasteiger partial charge >= 0.3 is 5.97 Å². The molecular weight excluding hydrogens is 507 g/mol. The molecule has 1 amide bonds. The van der Waals surface area contributed by atoms with Crippen LogP contribution in [0.25, 0.3) is 6.08 Å². The summed E-state index contributed by atoms with van der Waals surface area (Å²) in [5, 5.41) is 13.3. The van der Waals surface area contributed by atoms with Gasteiger partial charge in [-0.2, -0.15) is 10.0 Å². The average Bonchev–Trinajstić information content (AvgIpc) is 3.24. The van der Waals surface area contributed by atoms with Gasteiger partial charge in [-0.3, -0.25) is 10.2 Å². The van der Waals surface area contributed by atoms with Gasteiger partial charge in [0.2, 0.25) is 19.4 Å². The summed E-state index contributed by atoms with van der Waals surface area (Å²) in [7, 11) is -3.63. The number of nitrogens with one attached hydrogen (secondary N) is 1. The van der Waals surface area contributed by atoms with Crippen LogP contribution in [0.3, 0.4) is 0 Å². The molecule has 34 heavy (non-hydrogen) atoms. The number of sulfone groups is 1. The van der Waals surface area contributed by atoms with Crippen LogP contribution in [-0.4, -0.2) is 46.4 Å². The van der Waals surface area contributed by atoms with E-state index in [1.165, 1.54) is 43.3 Å². The fourth-order valence-electron chi connectivity index (χ4n) is 2.82. The van der Waals surface area contributed by atoms with E-state index in [1.807, 2.05) is 0 Å². The monoisotopic (exact) mass is 520 g/mol. The van der Waals surface area contributed by atoms with Gasteiger partial charge in [0.1, 0.15) is 11.6 Å². The lowest BCUT2D eigenvalue weighted by Gasteiger charge is -2.20. The van der Waals surface area contributed by atoms with Crippen LogP contribution in [0.5, 0.6) is 5.75 Å². The van der Waals surface area contributed by atoms with E-state index in [-0.39, 0.29) is 43.0 Å².